The van der Waals surface area contributed by atoms with Gasteiger partial charge in [-0.2, -0.15) is 0 Å². The van der Waals surface area contributed by atoms with E-state index in [4.69, 9.17) is 9.47 Å². The van der Waals surface area contributed by atoms with E-state index in [9.17, 15) is 9.59 Å². The lowest BCUT2D eigenvalue weighted by molar-refractivity contribution is 0.0506. The Morgan fingerprint density at radius 2 is 2.07 bits per heavy atom. The molecular formula is C23H30N2O4. The number of benzene rings is 1. The second-order valence-corrected chi connectivity index (χ2v) is 7.64. The molecule has 1 saturated heterocycles. The quantitative estimate of drug-likeness (QED) is 0.717. The predicted octanol–water partition coefficient (Wildman–Crippen LogP) is 3.94. The minimum absolute atomic E-state index is 0.0260. The summed E-state index contributed by atoms with van der Waals surface area (Å²) in [7, 11) is 0. The van der Waals surface area contributed by atoms with Gasteiger partial charge in [-0.1, -0.05) is 17.7 Å². The van der Waals surface area contributed by atoms with Crippen molar-refractivity contribution < 1.29 is 19.1 Å². The number of hydrogen-bond acceptors (Lipinski definition) is 4. The van der Waals surface area contributed by atoms with Crippen molar-refractivity contribution in [1.82, 2.24) is 9.88 Å². The van der Waals surface area contributed by atoms with E-state index in [1.54, 1.807) is 6.92 Å². The van der Waals surface area contributed by atoms with Gasteiger partial charge in [-0.3, -0.25) is 4.79 Å². The number of nitrogens with zero attached hydrogens (tertiary/aromatic N) is 1. The Morgan fingerprint density at radius 3 is 2.72 bits per heavy atom. The smallest absolute Gasteiger partial charge is 0.355 e. The van der Waals surface area contributed by atoms with Crippen molar-refractivity contribution in [2.24, 2.45) is 0 Å². The lowest BCUT2D eigenvalue weighted by atomic mass is 10.1. The van der Waals surface area contributed by atoms with Gasteiger partial charge in [0.05, 0.1) is 12.7 Å². The zero-order valence-corrected chi connectivity index (χ0v) is 17.7. The van der Waals surface area contributed by atoms with E-state index in [0.717, 1.165) is 41.8 Å². The van der Waals surface area contributed by atoms with Crippen molar-refractivity contribution in [3.63, 3.8) is 0 Å². The van der Waals surface area contributed by atoms with E-state index < -0.39 is 0 Å². The van der Waals surface area contributed by atoms with Crippen LogP contribution in [0.15, 0.2) is 24.3 Å². The average Bonchev–Trinajstić information content (AvgIpc) is 3.30. The first-order valence-corrected chi connectivity index (χ1v) is 10.2. The van der Waals surface area contributed by atoms with Gasteiger partial charge in [-0.25, -0.2) is 4.79 Å². The molecule has 1 amide bonds. The lowest BCUT2D eigenvalue weighted by Gasteiger charge is -2.26. The largest absolute Gasteiger partial charge is 0.461 e. The Hall–Kier alpha value is -2.60. The number of rotatable bonds is 7. The molecule has 1 aliphatic heterocycles. The molecule has 6 nitrogen and oxygen atoms in total. The number of esters is 1. The maximum Gasteiger partial charge on any atom is 0.355 e. The summed E-state index contributed by atoms with van der Waals surface area (Å²) in [4.78, 5) is 30.5. The molecule has 1 fully saturated rings. The van der Waals surface area contributed by atoms with Gasteiger partial charge in [0.25, 0.3) is 5.91 Å². The monoisotopic (exact) mass is 398 g/mol. The summed E-state index contributed by atoms with van der Waals surface area (Å²) in [5.74, 6) is -0.392. The summed E-state index contributed by atoms with van der Waals surface area (Å²) in [6, 6.07) is 7.64. The first kappa shape index (κ1) is 21.1. The maximum absolute atomic E-state index is 13.3. The summed E-state index contributed by atoms with van der Waals surface area (Å²) < 4.78 is 10.9. The Bertz CT molecular complexity index is 881. The number of H-pyrrole nitrogens is 1. The first-order chi connectivity index (χ1) is 13.9. The van der Waals surface area contributed by atoms with Crippen LogP contribution < -0.4 is 0 Å². The van der Waals surface area contributed by atoms with Crippen LogP contribution in [0.3, 0.4) is 0 Å². The topological polar surface area (TPSA) is 71.6 Å². The number of aromatic nitrogens is 1. The number of aromatic amines is 1. The number of carbonyl (C=O) groups excluding carboxylic acids is 2. The Balaban J connectivity index is 1.89. The maximum atomic E-state index is 13.3. The molecule has 3 rings (SSSR count). The number of nitrogens with one attached hydrogen (secondary N) is 1. The molecular weight excluding hydrogens is 368 g/mol. The van der Waals surface area contributed by atoms with Crippen molar-refractivity contribution in [2.75, 3.05) is 19.8 Å². The van der Waals surface area contributed by atoms with E-state index in [2.05, 4.69) is 4.98 Å². The zero-order chi connectivity index (χ0) is 21.0. The molecule has 1 aliphatic rings. The minimum Gasteiger partial charge on any atom is -0.461 e. The molecule has 1 N–H and O–H groups in total. The standard InChI is InChI=1S/C23H30N2O4/c1-5-28-23(27)21-16(3)20(17(4)24-21)14-25(13-19-10-7-11-29-19)22(26)18-9-6-8-15(2)12-18/h6,8-9,12,19,24H,5,7,10-11,13-14H2,1-4H3/t19-/m0/s1. The SMILES string of the molecule is CCOC(=O)c1[nH]c(C)c(CN(C[C@@H]2CCCO2)C(=O)c2cccc(C)c2)c1C. The fourth-order valence-electron chi connectivity index (χ4n) is 3.84. The Labute approximate surface area is 172 Å². The van der Waals surface area contributed by atoms with Crippen LogP contribution in [0.2, 0.25) is 0 Å². The molecule has 6 heteroatoms. The van der Waals surface area contributed by atoms with E-state index in [1.165, 1.54) is 0 Å². The molecule has 2 aromatic rings. The summed E-state index contributed by atoms with van der Waals surface area (Å²) in [5.41, 5.74) is 4.83. The van der Waals surface area contributed by atoms with E-state index >= 15 is 0 Å². The van der Waals surface area contributed by atoms with Gasteiger partial charge in [0.15, 0.2) is 0 Å². The van der Waals surface area contributed by atoms with Gasteiger partial charge in [0.2, 0.25) is 0 Å². The second kappa shape index (κ2) is 9.27. The summed E-state index contributed by atoms with van der Waals surface area (Å²) >= 11 is 0. The average molecular weight is 399 g/mol. The Kier molecular flexibility index (Phi) is 6.75. The van der Waals surface area contributed by atoms with Crippen LogP contribution in [0.25, 0.3) is 0 Å². The summed E-state index contributed by atoms with van der Waals surface area (Å²) in [5, 5.41) is 0. The number of amides is 1. The van der Waals surface area contributed by atoms with Crippen molar-refractivity contribution >= 4 is 11.9 Å². The highest BCUT2D eigenvalue weighted by molar-refractivity contribution is 5.94. The van der Waals surface area contributed by atoms with Gasteiger partial charge in [-0.15, -0.1) is 0 Å². The van der Waals surface area contributed by atoms with Gasteiger partial charge in [-0.05, 0) is 63.8 Å². The highest BCUT2D eigenvalue weighted by atomic mass is 16.5. The van der Waals surface area contributed by atoms with Crippen LogP contribution in [-0.2, 0) is 16.0 Å². The molecule has 156 valence electrons. The third kappa shape index (κ3) is 4.88. The van der Waals surface area contributed by atoms with Gasteiger partial charge < -0.3 is 19.4 Å². The molecule has 1 atom stereocenters. The number of aryl methyl sites for hydroxylation is 2. The second-order valence-electron chi connectivity index (χ2n) is 7.64. The minimum atomic E-state index is -0.366. The highest BCUT2D eigenvalue weighted by Crippen LogP contribution is 2.23. The van der Waals surface area contributed by atoms with Crippen molar-refractivity contribution in [1.29, 1.82) is 0 Å². The molecule has 0 unspecified atom stereocenters. The van der Waals surface area contributed by atoms with E-state index in [0.29, 0.717) is 31.0 Å². The molecule has 2 heterocycles. The van der Waals surface area contributed by atoms with Crippen molar-refractivity contribution in [2.45, 2.75) is 53.2 Å². The molecule has 0 saturated carbocycles. The predicted molar refractivity (Wildman–Crippen MR) is 111 cm³/mol. The molecule has 29 heavy (non-hydrogen) atoms. The highest BCUT2D eigenvalue weighted by Gasteiger charge is 2.26. The molecule has 0 aliphatic carbocycles. The molecule has 1 aromatic carbocycles. The third-order valence-corrected chi connectivity index (χ3v) is 5.42. The van der Waals surface area contributed by atoms with E-state index in [-0.39, 0.29) is 18.0 Å². The zero-order valence-electron chi connectivity index (χ0n) is 17.7. The van der Waals surface area contributed by atoms with Crippen LogP contribution in [0.1, 0.15) is 63.0 Å². The number of carbonyl (C=O) groups is 2. The van der Waals surface area contributed by atoms with Crippen LogP contribution >= 0.6 is 0 Å². The molecule has 1 aromatic heterocycles. The van der Waals surface area contributed by atoms with Crippen LogP contribution in [-0.4, -0.2) is 47.6 Å². The van der Waals surface area contributed by atoms with Crippen molar-refractivity contribution in [3.8, 4) is 0 Å². The molecule has 0 bridgehead atoms. The number of hydrogen-bond donors (Lipinski definition) is 1. The fourth-order valence-corrected chi connectivity index (χ4v) is 3.84. The third-order valence-electron chi connectivity index (χ3n) is 5.42. The van der Waals surface area contributed by atoms with Gasteiger partial charge in [0, 0.05) is 31.0 Å². The number of ether oxygens (including phenoxy) is 2. The van der Waals surface area contributed by atoms with E-state index in [1.807, 2.05) is 49.9 Å². The van der Waals surface area contributed by atoms with Crippen LogP contribution in [0.4, 0.5) is 0 Å². The van der Waals surface area contributed by atoms with Crippen LogP contribution in [0, 0.1) is 20.8 Å². The molecule has 0 spiro atoms. The summed E-state index contributed by atoms with van der Waals surface area (Å²) in [6.45, 7) is 9.60. The van der Waals surface area contributed by atoms with Crippen LogP contribution in [0.5, 0.6) is 0 Å². The first-order valence-electron chi connectivity index (χ1n) is 10.2. The van der Waals surface area contributed by atoms with Crippen molar-refractivity contribution in [3.05, 3.63) is 57.9 Å². The van der Waals surface area contributed by atoms with Gasteiger partial charge >= 0.3 is 5.97 Å². The summed E-state index contributed by atoms with van der Waals surface area (Å²) in [6.07, 6.45) is 2.02. The molecule has 0 radical (unpaired) electrons. The lowest BCUT2D eigenvalue weighted by Crippen LogP contribution is -2.37. The fraction of sp³-hybridized carbons (Fsp3) is 0.478. The van der Waals surface area contributed by atoms with Gasteiger partial charge in [0.1, 0.15) is 5.69 Å². The normalized spacial score (nSPS) is 16.1. The Morgan fingerprint density at radius 1 is 1.28 bits per heavy atom.